The van der Waals surface area contributed by atoms with E-state index in [-0.39, 0.29) is 24.0 Å². The number of rotatable bonds is 5. The molecule has 0 saturated heterocycles. The van der Waals surface area contributed by atoms with Crippen LogP contribution in [0.5, 0.6) is 11.5 Å². The highest BCUT2D eigenvalue weighted by molar-refractivity contribution is 14.0. The summed E-state index contributed by atoms with van der Waals surface area (Å²) in [7, 11) is 0. The van der Waals surface area contributed by atoms with Crippen LogP contribution >= 0.6 is 24.0 Å². The lowest BCUT2D eigenvalue weighted by Gasteiger charge is -2.11. The van der Waals surface area contributed by atoms with Gasteiger partial charge in [-0.05, 0) is 37.6 Å². The molecule has 3 N–H and O–H groups in total. The van der Waals surface area contributed by atoms with Crippen LogP contribution in [0.25, 0.3) is 0 Å². The Morgan fingerprint density at radius 1 is 1.18 bits per heavy atom. The number of nitrogens with two attached hydrogens (primary N) is 1. The molecule has 5 heteroatoms. The van der Waals surface area contributed by atoms with Gasteiger partial charge in [-0.15, -0.1) is 24.0 Å². The highest BCUT2D eigenvalue weighted by atomic mass is 127. The molecular weight excluding hydrogens is 389 g/mol. The van der Waals surface area contributed by atoms with E-state index in [4.69, 9.17) is 10.5 Å². The lowest BCUT2D eigenvalue weighted by Crippen LogP contribution is -2.31. The number of benzene rings is 2. The number of aryl methyl sites for hydroxylation is 1. The van der Waals surface area contributed by atoms with Crippen LogP contribution in [0.1, 0.15) is 18.1 Å². The summed E-state index contributed by atoms with van der Waals surface area (Å²) in [6.07, 6.45) is 0. The summed E-state index contributed by atoms with van der Waals surface area (Å²) in [6.45, 7) is 5.27. The number of hydrogen-bond acceptors (Lipinski definition) is 2. The van der Waals surface area contributed by atoms with E-state index in [1.165, 1.54) is 0 Å². The Balaban J connectivity index is 0.00000242. The molecule has 0 fully saturated rings. The molecule has 2 aromatic carbocycles. The zero-order chi connectivity index (χ0) is 15.1. The van der Waals surface area contributed by atoms with Crippen molar-refractivity contribution < 1.29 is 4.74 Å². The fourth-order valence-corrected chi connectivity index (χ4v) is 1.91. The second kappa shape index (κ2) is 9.30. The fourth-order valence-electron chi connectivity index (χ4n) is 1.91. The number of hydrogen-bond donors (Lipinski definition) is 2. The van der Waals surface area contributed by atoms with E-state index in [0.29, 0.717) is 12.5 Å². The number of nitrogens with one attached hydrogen (secondary N) is 1. The van der Waals surface area contributed by atoms with Crippen LogP contribution in [0.15, 0.2) is 53.5 Å². The molecule has 0 aliphatic heterocycles. The van der Waals surface area contributed by atoms with Gasteiger partial charge in [-0.2, -0.15) is 0 Å². The maximum absolute atomic E-state index is 5.95. The number of halogens is 1. The van der Waals surface area contributed by atoms with E-state index in [1.807, 2.05) is 62.4 Å². The van der Waals surface area contributed by atoms with Gasteiger partial charge in [0, 0.05) is 12.1 Å². The first-order valence-electron chi connectivity index (χ1n) is 7.05. The first-order valence-corrected chi connectivity index (χ1v) is 7.05. The number of ether oxygens (including phenoxy) is 1. The zero-order valence-corrected chi connectivity index (χ0v) is 15.2. The van der Waals surface area contributed by atoms with Crippen molar-refractivity contribution in [2.75, 3.05) is 6.54 Å². The monoisotopic (exact) mass is 411 g/mol. The molecule has 0 amide bonds. The van der Waals surface area contributed by atoms with E-state index in [1.54, 1.807) is 0 Å². The average Bonchev–Trinajstić information content (AvgIpc) is 2.48. The van der Waals surface area contributed by atoms with Gasteiger partial charge in [0.2, 0.25) is 0 Å². The van der Waals surface area contributed by atoms with Crippen LogP contribution in [0, 0.1) is 6.92 Å². The van der Waals surface area contributed by atoms with Gasteiger partial charge in [0.1, 0.15) is 11.5 Å². The number of para-hydroxylation sites is 1. The van der Waals surface area contributed by atoms with Crippen LogP contribution < -0.4 is 15.8 Å². The minimum Gasteiger partial charge on any atom is -0.457 e. The summed E-state index contributed by atoms with van der Waals surface area (Å²) in [5.74, 6) is 2.07. The predicted octanol–water partition coefficient (Wildman–Crippen LogP) is 3.83. The zero-order valence-electron chi connectivity index (χ0n) is 12.9. The molecule has 0 spiro atoms. The Labute approximate surface area is 148 Å². The Kier molecular flexibility index (Phi) is 7.73. The summed E-state index contributed by atoms with van der Waals surface area (Å²) < 4.78 is 5.95. The Morgan fingerprint density at radius 3 is 2.59 bits per heavy atom. The van der Waals surface area contributed by atoms with Crippen molar-refractivity contribution >= 4 is 29.9 Å². The van der Waals surface area contributed by atoms with Gasteiger partial charge >= 0.3 is 0 Å². The number of guanidine groups is 1. The van der Waals surface area contributed by atoms with Gasteiger partial charge in [-0.3, -0.25) is 0 Å². The quantitative estimate of drug-likeness (QED) is 0.447. The lowest BCUT2D eigenvalue weighted by molar-refractivity contribution is 0.476. The first kappa shape index (κ1) is 18.3. The normalized spacial score (nSPS) is 10.7. The molecule has 2 aromatic rings. The van der Waals surface area contributed by atoms with Gasteiger partial charge in [-0.1, -0.05) is 30.3 Å². The predicted molar refractivity (Wildman–Crippen MR) is 102 cm³/mol. The van der Waals surface area contributed by atoms with Crippen LogP contribution in [0.3, 0.4) is 0 Å². The van der Waals surface area contributed by atoms with E-state index in [2.05, 4.69) is 10.3 Å². The topological polar surface area (TPSA) is 59.6 Å². The van der Waals surface area contributed by atoms with Crippen molar-refractivity contribution in [1.82, 2.24) is 5.32 Å². The third-order valence-electron chi connectivity index (χ3n) is 2.97. The van der Waals surface area contributed by atoms with Crippen molar-refractivity contribution in [2.24, 2.45) is 10.7 Å². The largest absolute Gasteiger partial charge is 0.457 e. The van der Waals surface area contributed by atoms with Crippen LogP contribution in [0.4, 0.5) is 0 Å². The summed E-state index contributed by atoms with van der Waals surface area (Å²) in [4.78, 5) is 4.32. The number of aliphatic imine (C=N–C) groups is 1. The Hall–Kier alpha value is -1.76. The number of nitrogens with zero attached hydrogens (tertiary/aromatic N) is 1. The molecule has 4 nitrogen and oxygen atoms in total. The Bertz CT molecular complexity index is 615. The minimum absolute atomic E-state index is 0. The molecule has 0 aliphatic carbocycles. The third-order valence-corrected chi connectivity index (χ3v) is 2.97. The summed E-state index contributed by atoms with van der Waals surface area (Å²) >= 11 is 0. The first-order chi connectivity index (χ1) is 10.2. The summed E-state index contributed by atoms with van der Waals surface area (Å²) in [5.41, 5.74) is 7.91. The summed E-state index contributed by atoms with van der Waals surface area (Å²) in [5, 5.41) is 2.98. The van der Waals surface area contributed by atoms with Crippen LogP contribution in [-0.4, -0.2) is 12.5 Å². The molecule has 0 heterocycles. The van der Waals surface area contributed by atoms with E-state index < -0.39 is 0 Å². The highest BCUT2D eigenvalue weighted by Gasteiger charge is 2.05. The van der Waals surface area contributed by atoms with Crippen LogP contribution in [-0.2, 0) is 6.54 Å². The van der Waals surface area contributed by atoms with E-state index in [0.717, 1.165) is 29.2 Å². The SMILES string of the molecule is CCNC(N)=NCc1ccc(C)cc1Oc1ccccc1.I. The molecule has 0 atom stereocenters. The van der Waals surface area contributed by atoms with Gasteiger partial charge in [-0.25, -0.2) is 4.99 Å². The molecule has 118 valence electrons. The average molecular weight is 411 g/mol. The molecule has 22 heavy (non-hydrogen) atoms. The van der Waals surface area contributed by atoms with Crippen molar-refractivity contribution in [3.63, 3.8) is 0 Å². The fraction of sp³-hybridized carbons (Fsp3) is 0.235. The van der Waals surface area contributed by atoms with Crippen molar-refractivity contribution in [3.8, 4) is 11.5 Å². The second-order valence-electron chi connectivity index (χ2n) is 4.76. The van der Waals surface area contributed by atoms with Gasteiger partial charge in [0.25, 0.3) is 0 Å². The highest BCUT2D eigenvalue weighted by Crippen LogP contribution is 2.27. The maximum Gasteiger partial charge on any atom is 0.188 e. The lowest BCUT2D eigenvalue weighted by atomic mass is 10.1. The second-order valence-corrected chi connectivity index (χ2v) is 4.76. The standard InChI is InChI=1S/C17H21N3O.HI/c1-3-19-17(18)20-12-14-10-9-13(2)11-16(14)21-15-7-5-4-6-8-15;/h4-11H,3,12H2,1-2H3,(H3,18,19,20);1H. The molecular formula is C17H22IN3O. The van der Waals surface area contributed by atoms with E-state index in [9.17, 15) is 0 Å². The molecule has 0 unspecified atom stereocenters. The molecule has 0 bridgehead atoms. The van der Waals surface area contributed by atoms with Crippen molar-refractivity contribution in [1.29, 1.82) is 0 Å². The smallest absolute Gasteiger partial charge is 0.188 e. The minimum atomic E-state index is 0. The Morgan fingerprint density at radius 2 is 1.91 bits per heavy atom. The molecule has 0 saturated carbocycles. The van der Waals surface area contributed by atoms with Crippen LogP contribution in [0.2, 0.25) is 0 Å². The van der Waals surface area contributed by atoms with Gasteiger partial charge < -0.3 is 15.8 Å². The maximum atomic E-state index is 5.95. The van der Waals surface area contributed by atoms with E-state index >= 15 is 0 Å². The van der Waals surface area contributed by atoms with Crippen molar-refractivity contribution in [3.05, 3.63) is 59.7 Å². The molecule has 2 rings (SSSR count). The molecule has 0 aliphatic rings. The molecule has 0 radical (unpaired) electrons. The summed E-state index contributed by atoms with van der Waals surface area (Å²) in [6, 6.07) is 15.8. The van der Waals surface area contributed by atoms with Crippen molar-refractivity contribution in [2.45, 2.75) is 20.4 Å². The third kappa shape index (κ3) is 5.55. The van der Waals surface area contributed by atoms with Gasteiger partial charge in [0.15, 0.2) is 5.96 Å². The molecule has 0 aromatic heterocycles. The van der Waals surface area contributed by atoms with Gasteiger partial charge in [0.05, 0.1) is 6.54 Å².